The average Bonchev–Trinajstić information content (AvgIpc) is 3.43. The van der Waals surface area contributed by atoms with Crippen molar-refractivity contribution in [2.75, 3.05) is 62.9 Å². The number of carbonyl (C=O) groups excluding carboxylic acids is 1. The van der Waals surface area contributed by atoms with E-state index in [-0.39, 0.29) is 19.1 Å². The molecule has 11 nitrogen and oxygen atoms in total. The molecule has 0 atom stereocenters. The van der Waals surface area contributed by atoms with Crippen LogP contribution in [0.5, 0.6) is 0 Å². The van der Waals surface area contributed by atoms with Crippen LogP contribution in [-0.4, -0.2) is 78.2 Å². The van der Waals surface area contributed by atoms with Gasteiger partial charge in [-0.05, 0) is 30.3 Å². The lowest BCUT2D eigenvalue weighted by Gasteiger charge is -2.28. The lowest BCUT2D eigenvalue weighted by molar-refractivity contribution is 0.0838. The second kappa shape index (κ2) is 10.3. The van der Waals surface area contributed by atoms with Gasteiger partial charge in [-0.1, -0.05) is 0 Å². The summed E-state index contributed by atoms with van der Waals surface area (Å²) in [6, 6.07) is 11.7. The number of fused-ring (bicyclic) bond motifs is 2. The molecular formula is C24H28N6O5. The van der Waals surface area contributed by atoms with Gasteiger partial charge in [-0.25, -0.2) is 4.98 Å². The van der Waals surface area contributed by atoms with Crippen LogP contribution in [0.1, 0.15) is 10.4 Å². The molecule has 1 aliphatic heterocycles. The molecule has 5 rings (SSSR count). The van der Waals surface area contributed by atoms with Crippen molar-refractivity contribution in [3.8, 4) is 0 Å². The van der Waals surface area contributed by atoms with Gasteiger partial charge in [0.15, 0.2) is 5.58 Å². The molecule has 0 spiro atoms. The van der Waals surface area contributed by atoms with E-state index >= 15 is 0 Å². The van der Waals surface area contributed by atoms with Crippen LogP contribution in [0.15, 0.2) is 40.8 Å². The van der Waals surface area contributed by atoms with Crippen LogP contribution < -0.4 is 15.5 Å². The van der Waals surface area contributed by atoms with Gasteiger partial charge >= 0.3 is 6.01 Å². The lowest BCUT2D eigenvalue weighted by atomic mass is 10.2. The first-order valence-corrected chi connectivity index (χ1v) is 11.6. The summed E-state index contributed by atoms with van der Waals surface area (Å²) >= 11 is 0. The van der Waals surface area contributed by atoms with Crippen molar-refractivity contribution in [1.82, 2.24) is 19.9 Å². The molecule has 3 heterocycles. The zero-order valence-corrected chi connectivity index (χ0v) is 19.5. The molecule has 1 saturated heterocycles. The molecule has 1 aliphatic rings. The fourth-order valence-corrected chi connectivity index (χ4v) is 4.04. The number of oxazole rings is 1. The summed E-state index contributed by atoms with van der Waals surface area (Å²) in [5.41, 5.74) is 4.56. The number of aliphatic hydroxyl groups is 1. The molecule has 0 unspecified atom stereocenters. The van der Waals surface area contributed by atoms with Crippen molar-refractivity contribution in [1.29, 1.82) is 0 Å². The minimum Gasteiger partial charge on any atom is -0.423 e. The molecule has 35 heavy (non-hydrogen) atoms. The van der Waals surface area contributed by atoms with E-state index in [1.165, 1.54) is 0 Å². The summed E-state index contributed by atoms with van der Waals surface area (Å²) in [7, 11) is 1.88. The van der Waals surface area contributed by atoms with E-state index in [0.29, 0.717) is 41.8 Å². The third kappa shape index (κ3) is 5.06. The molecule has 1 fully saturated rings. The third-order valence-corrected chi connectivity index (χ3v) is 5.88. The van der Waals surface area contributed by atoms with Crippen LogP contribution in [0.2, 0.25) is 0 Å². The average molecular weight is 481 g/mol. The number of rotatable bonds is 9. The van der Waals surface area contributed by atoms with Crippen LogP contribution >= 0.6 is 0 Å². The Hall–Kier alpha value is -3.67. The number of nitrogens with zero attached hydrogens (tertiary/aromatic N) is 4. The van der Waals surface area contributed by atoms with Crippen molar-refractivity contribution >= 4 is 45.7 Å². The number of amides is 1. The van der Waals surface area contributed by atoms with Gasteiger partial charge in [0.05, 0.1) is 44.1 Å². The summed E-state index contributed by atoms with van der Waals surface area (Å²) in [6.07, 6.45) is 0. The zero-order chi connectivity index (χ0) is 24.2. The number of hydrogen-bond acceptors (Lipinski definition) is 9. The maximum Gasteiger partial charge on any atom is 0.302 e. The Morgan fingerprint density at radius 1 is 1.11 bits per heavy atom. The van der Waals surface area contributed by atoms with E-state index in [9.17, 15) is 4.79 Å². The predicted octanol–water partition coefficient (Wildman–Crippen LogP) is 2.03. The van der Waals surface area contributed by atoms with Crippen molar-refractivity contribution in [2.24, 2.45) is 7.05 Å². The van der Waals surface area contributed by atoms with Gasteiger partial charge in [0.25, 0.3) is 5.91 Å². The van der Waals surface area contributed by atoms with Gasteiger partial charge in [0.1, 0.15) is 5.52 Å². The number of hydrogen-bond donors (Lipinski definition) is 3. The van der Waals surface area contributed by atoms with Crippen LogP contribution in [0.4, 0.5) is 17.7 Å². The Labute approximate surface area is 201 Å². The fraction of sp³-hybridized carbons (Fsp3) is 0.375. The molecule has 0 bridgehead atoms. The molecule has 3 N–H and O–H groups in total. The monoisotopic (exact) mass is 480 g/mol. The molecule has 0 radical (unpaired) electrons. The number of aliphatic hydroxyl groups excluding tert-OH is 1. The quantitative estimate of drug-likeness (QED) is 0.308. The van der Waals surface area contributed by atoms with E-state index in [1.54, 1.807) is 12.1 Å². The summed E-state index contributed by atoms with van der Waals surface area (Å²) in [6.45, 7) is 4.04. The van der Waals surface area contributed by atoms with Crippen molar-refractivity contribution < 1.29 is 23.8 Å². The molecule has 2 aromatic carbocycles. The first kappa shape index (κ1) is 23.1. The molecule has 4 aromatic rings. The Balaban J connectivity index is 1.30. The summed E-state index contributed by atoms with van der Waals surface area (Å²) in [5.74, 6) is 0.338. The normalized spacial score (nSPS) is 14.1. The van der Waals surface area contributed by atoms with E-state index in [4.69, 9.17) is 19.0 Å². The van der Waals surface area contributed by atoms with Gasteiger partial charge < -0.3 is 33.8 Å². The molecule has 0 aliphatic carbocycles. The number of aryl methyl sites for hydroxylation is 1. The van der Waals surface area contributed by atoms with E-state index in [2.05, 4.69) is 25.5 Å². The summed E-state index contributed by atoms with van der Waals surface area (Å²) in [4.78, 5) is 23.9. The SMILES string of the molecule is Cn1c(Nc2nc3ccc(N4CCOCC4)cc3o2)nc2cc(C(=O)NCCOCCO)ccc21. The third-order valence-electron chi connectivity index (χ3n) is 5.88. The Kier molecular flexibility index (Phi) is 6.80. The van der Waals surface area contributed by atoms with Crippen molar-refractivity contribution in [2.45, 2.75) is 0 Å². The Bertz CT molecular complexity index is 1330. The second-order valence-electron chi connectivity index (χ2n) is 8.19. The minimum absolute atomic E-state index is 0.0420. The van der Waals surface area contributed by atoms with Crippen molar-refractivity contribution in [3.05, 3.63) is 42.0 Å². The molecule has 0 saturated carbocycles. The minimum atomic E-state index is -0.213. The van der Waals surface area contributed by atoms with Crippen LogP contribution in [-0.2, 0) is 16.5 Å². The van der Waals surface area contributed by atoms with Crippen molar-refractivity contribution in [3.63, 3.8) is 0 Å². The number of imidazole rings is 1. The van der Waals surface area contributed by atoms with Crippen LogP contribution in [0.25, 0.3) is 22.1 Å². The number of ether oxygens (including phenoxy) is 2. The highest BCUT2D eigenvalue weighted by Crippen LogP contribution is 2.28. The largest absolute Gasteiger partial charge is 0.423 e. The fourth-order valence-electron chi connectivity index (χ4n) is 4.04. The van der Waals surface area contributed by atoms with Crippen LogP contribution in [0.3, 0.4) is 0 Å². The maximum atomic E-state index is 12.4. The molecule has 184 valence electrons. The first-order valence-electron chi connectivity index (χ1n) is 11.6. The Morgan fingerprint density at radius 2 is 1.97 bits per heavy atom. The van der Waals surface area contributed by atoms with Gasteiger partial charge in [-0.3, -0.25) is 10.1 Å². The number of anilines is 3. The molecule has 11 heteroatoms. The van der Waals surface area contributed by atoms with E-state index in [0.717, 1.165) is 43.0 Å². The number of morpholine rings is 1. The number of nitrogens with one attached hydrogen (secondary N) is 2. The highest BCUT2D eigenvalue weighted by Gasteiger charge is 2.16. The van der Waals surface area contributed by atoms with Gasteiger partial charge in [-0.2, -0.15) is 4.98 Å². The summed E-state index contributed by atoms with van der Waals surface area (Å²) in [5, 5.41) is 14.7. The molecule has 1 amide bonds. The molecule has 2 aromatic heterocycles. The standard InChI is InChI=1S/C24H28N6O5/c1-29-20-5-2-16(22(32)25-6-10-33-13-9-31)14-19(20)26-23(29)28-24-27-18-4-3-17(15-21(18)35-24)30-7-11-34-12-8-30/h2-5,14-15,31H,6-13H2,1H3,(H,25,32)(H,26,27,28). The zero-order valence-electron chi connectivity index (χ0n) is 19.5. The second-order valence-corrected chi connectivity index (χ2v) is 8.19. The maximum absolute atomic E-state index is 12.4. The van der Waals surface area contributed by atoms with E-state index < -0.39 is 0 Å². The van der Waals surface area contributed by atoms with Gasteiger partial charge in [-0.15, -0.1) is 0 Å². The number of carbonyl (C=O) groups is 1. The first-order chi connectivity index (χ1) is 17.1. The number of benzene rings is 2. The number of aromatic nitrogens is 3. The smallest absolute Gasteiger partial charge is 0.302 e. The van der Waals surface area contributed by atoms with E-state index in [1.807, 2.05) is 35.9 Å². The van der Waals surface area contributed by atoms with Gasteiger partial charge in [0, 0.05) is 44.0 Å². The van der Waals surface area contributed by atoms with Gasteiger partial charge in [0.2, 0.25) is 5.95 Å². The predicted molar refractivity (Wildman–Crippen MR) is 131 cm³/mol. The summed E-state index contributed by atoms with van der Waals surface area (Å²) < 4.78 is 18.4. The molecular weight excluding hydrogens is 452 g/mol. The topological polar surface area (TPSA) is 127 Å². The highest BCUT2D eigenvalue weighted by molar-refractivity contribution is 5.97. The highest BCUT2D eigenvalue weighted by atomic mass is 16.5. The van der Waals surface area contributed by atoms with Crippen LogP contribution in [0, 0.1) is 0 Å². The lowest BCUT2D eigenvalue weighted by Crippen LogP contribution is -2.36. The Morgan fingerprint density at radius 3 is 2.80 bits per heavy atom.